The second-order valence-corrected chi connectivity index (χ2v) is 6.62. The van der Waals surface area contributed by atoms with Crippen molar-refractivity contribution in [3.63, 3.8) is 0 Å². The lowest BCUT2D eigenvalue weighted by Gasteiger charge is -2.26. The van der Waals surface area contributed by atoms with Crippen LogP contribution in [-0.4, -0.2) is 11.0 Å². The summed E-state index contributed by atoms with van der Waals surface area (Å²) in [5.74, 6) is 1.12. The topological polar surface area (TPSA) is 38.8 Å². The minimum atomic E-state index is -0.486. The average Bonchev–Trinajstić information content (AvgIpc) is 2.79. The van der Waals surface area contributed by atoms with E-state index in [1.807, 2.05) is 84.9 Å². The van der Waals surface area contributed by atoms with Crippen molar-refractivity contribution in [3.05, 3.63) is 126 Å². The molecule has 0 fully saturated rings. The van der Waals surface area contributed by atoms with Gasteiger partial charge in [0.25, 0.3) is 0 Å². The van der Waals surface area contributed by atoms with Crippen molar-refractivity contribution in [2.75, 3.05) is 0 Å². The van der Waals surface area contributed by atoms with Crippen molar-refractivity contribution in [3.8, 4) is 5.75 Å². The molecule has 3 aromatic carbocycles. The summed E-state index contributed by atoms with van der Waals surface area (Å²) < 4.78 is 11.6. The maximum absolute atomic E-state index is 12.6. The molecule has 1 unspecified atom stereocenters. The van der Waals surface area contributed by atoms with Crippen LogP contribution in [0.15, 0.2) is 115 Å². The molecule has 0 bridgehead atoms. The normalized spacial score (nSPS) is 15.5. The Morgan fingerprint density at radius 3 is 2.14 bits per heavy atom. The van der Waals surface area contributed by atoms with Crippen LogP contribution in [0.4, 0.5) is 4.79 Å². The van der Waals surface area contributed by atoms with E-state index >= 15 is 0 Å². The Bertz CT molecular complexity index is 998. The molecule has 144 valence electrons. The van der Waals surface area contributed by atoms with Crippen LogP contribution < -0.4 is 4.74 Å². The SMILES string of the molecule is O=C(Oc1ccccc1)N1C=CC(c2ccccc2)C(OCc2ccccc2)=C1. The predicted molar refractivity (Wildman–Crippen MR) is 112 cm³/mol. The molecular formula is C25H21NO3. The van der Waals surface area contributed by atoms with E-state index in [0.717, 1.165) is 11.1 Å². The fourth-order valence-corrected chi connectivity index (χ4v) is 3.09. The molecule has 4 nitrogen and oxygen atoms in total. The van der Waals surface area contributed by atoms with Gasteiger partial charge in [0.2, 0.25) is 0 Å². The molecule has 1 atom stereocenters. The number of allylic oxidation sites excluding steroid dienone is 1. The minimum Gasteiger partial charge on any atom is -0.491 e. The molecule has 0 aliphatic carbocycles. The summed E-state index contributed by atoms with van der Waals surface area (Å²) in [6.07, 6.45) is 4.88. The van der Waals surface area contributed by atoms with E-state index in [2.05, 4.69) is 0 Å². The van der Waals surface area contributed by atoms with Gasteiger partial charge in [-0.2, -0.15) is 0 Å². The molecule has 1 aliphatic heterocycles. The summed E-state index contributed by atoms with van der Waals surface area (Å²) in [4.78, 5) is 14.0. The number of amides is 1. The fraction of sp³-hybridized carbons (Fsp3) is 0.0800. The first kappa shape index (κ1) is 18.6. The lowest BCUT2D eigenvalue weighted by atomic mass is 9.95. The molecule has 1 amide bonds. The van der Waals surface area contributed by atoms with E-state index in [-0.39, 0.29) is 5.92 Å². The summed E-state index contributed by atoms with van der Waals surface area (Å²) in [5, 5.41) is 0. The second-order valence-electron chi connectivity index (χ2n) is 6.62. The van der Waals surface area contributed by atoms with Crippen molar-refractivity contribution >= 4 is 6.09 Å². The maximum atomic E-state index is 12.6. The summed E-state index contributed by atoms with van der Waals surface area (Å²) in [7, 11) is 0. The number of nitrogens with zero attached hydrogens (tertiary/aromatic N) is 1. The fourth-order valence-electron chi connectivity index (χ4n) is 3.09. The average molecular weight is 383 g/mol. The Morgan fingerprint density at radius 1 is 0.828 bits per heavy atom. The van der Waals surface area contributed by atoms with Gasteiger partial charge in [0.1, 0.15) is 18.1 Å². The molecule has 0 radical (unpaired) electrons. The number of hydrogen-bond acceptors (Lipinski definition) is 3. The molecule has 4 heteroatoms. The van der Waals surface area contributed by atoms with Crippen molar-refractivity contribution in [1.82, 2.24) is 4.90 Å². The van der Waals surface area contributed by atoms with Crippen LogP contribution in [0.2, 0.25) is 0 Å². The van der Waals surface area contributed by atoms with Gasteiger partial charge in [-0.3, -0.25) is 4.90 Å². The molecule has 0 N–H and O–H groups in total. The Kier molecular flexibility index (Phi) is 5.72. The molecule has 3 aromatic rings. The summed E-state index contributed by atoms with van der Waals surface area (Å²) >= 11 is 0. The lowest BCUT2D eigenvalue weighted by Crippen LogP contribution is -2.27. The molecule has 0 spiro atoms. The zero-order valence-corrected chi connectivity index (χ0v) is 15.8. The molecule has 1 heterocycles. The molecule has 4 rings (SSSR count). The van der Waals surface area contributed by atoms with E-state index in [1.165, 1.54) is 4.90 Å². The second kappa shape index (κ2) is 8.93. The Hall–Kier alpha value is -3.79. The third-order valence-electron chi connectivity index (χ3n) is 4.58. The highest BCUT2D eigenvalue weighted by Crippen LogP contribution is 2.31. The van der Waals surface area contributed by atoms with Crippen LogP contribution in [0, 0.1) is 0 Å². The minimum absolute atomic E-state index is 0.0688. The first-order valence-corrected chi connectivity index (χ1v) is 9.46. The Labute approximate surface area is 170 Å². The first-order chi connectivity index (χ1) is 14.3. The zero-order chi connectivity index (χ0) is 19.9. The van der Waals surface area contributed by atoms with Crippen LogP contribution in [0.3, 0.4) is 0 Å². The number of ether oxygens (including phenoxy) is 2. The van der Waals surface area contributed by atoms with E-state index in [0.29, 0.717) is 18.1 Å². The van der Waals surface area contributed by atoms with Gasteiger partial charge in [-0.1, -0.05) is 84.9 Å². The van der Waals surface area contributed by atoms with Gasteiger partial charge < -0.3 is 9.47 Å². The highest BCUT2D eigenvalue weighted by molar-refractivity contribution is 5.73. The van der Waals surface area contributed by atoms with E-state index in [9.17, 15) is 4.79 Å². The molecule has 0 saturated carbocycles. The third kappa shape index (κ3) is 4.74. The summed E-state index contributed by atoms with van der Waals surface area (Å²) in [6.45, 7) is 0.422. The van der Waals surface area contributed by atoms with Crippen molar-refractivity contribution < 1.29 is 14.3 Å². The monoisotopic (exact) mass is 383 g/mol. The molecule has 29 heavy (non-hydrogen) atoms. The highest BCUT2D eigenvalue weighted by Gasteiger charge is 2.24. The number of carbonyl (C=O) groups excluding carboxylic acids is 1. The Balaban J connectivity index is 1.54. The van der Waals surface area contributed by atoms with Gasteiger partial charge >= 0.3 is 6.09 Å². The van der Waals surface area contributed by atoms with Crippen LogP contribution >= 0.6 is 0 Å². The molecule has 0 aromatic heterocycles. The van der Waals surface area contributed by atoms with Gasteiger partial charge in [-0.25, -0.2) is 4.79 Å². The summed E-state index contributed by atoms with van der Waals surface area (Å²) in [5.41, 5.74) is 2.16. The van der Waals surface area contributed by atoms with Gasteiger partial charge in [-0.05, 0) is 23.3 Å². The number of hydrogen-bond donors (Lipinski definition) is 0. The van der Waals surface area contributed by atoms with Gasteiger partial charge in [0, 0.05) is 6.20 Å². The predicted octanol–water partition coefficient (Wildman–Crippen LogP) is 5.86. The number of carbonyl (C=O) groups is 1. The quantitative estimate of drug-likeness (QED) is 0.554. The van der Waals surface area contributed by atoms with Crippen LogP contribution in [-0.2, 0) is 11.3 Å². The van der Waals surface area contributed by atoms with Crippen molar-refractivity contribution in [2.24, 2.45) is 0 Å². The van der Waals surface area contributed by atoms with Crippen molar-refractivity contribution in [2.45, 2.75) is 12.5 Å². The largest absolute Gasteiger partial charge is 0.491 e. The summed E-state index contributed by atoms with van der Waals surface area (Å²) in [6, 6.07) is 29.0. The standard InChI is InChI=1S/C25H21NO3/c27-25(29-22-14-8-3-9-15-22)26-17-16-23(21-12-6-2-7-13-21)24(18-26)28-19-20-10-4-1-5-11-20/h1-18,23H,19H2. The molecular weight excluding hydrogens is 362 g/mol. The number of para-hydroxylation sites is 1. The van der Waals surface area contributed by atoms with Crippen molar-refractivity contribution in [1.29, 1.82) is 0 Å². The van der Waals surface area contributed by atoms with E-state index in [4.69, 9.17) is 9.47 Å². The molecule has 1 aliphatic rings. The van der Waals surface area contributed by atoms with Crippen LogP contribution in [0.25, 0.3) is 0 Å². The zero-order valence-electron chi connectivity index (χ0n) is 15.8. The van der Waals surface area contributed by atoms with Crippen LogP contribution in [0.5, 0.6) is 5.75 Å². The van der Waals surface area contributed by atoms with Gasteiger partial charge in [0.15, 0.2) is 0 Å². The van der Waals surface area contributed by atoms with E-state index < -0.39 is 6.09 Å². The Morgan fingerprint density at radius 2 is 1.45 bits per heavy atom. The van der Waals surface area contributed by atoms with Gasteiger partial charge in [-0.15, -0.1) is 0 Å². The number of rotatable bonds is 5. The molecule has 0 saturated heterocycles. The smallest absolute Gasteiger partial charge is 0.423 e. The van der Waals surface area contributed by atoms with Gasteiger partial charge in [0.05, 0.1) is 12.1 Å². The maximum Gasteiger partial charge on any atom is 0.423 e. The third-order valence-corrected chi connectivity index (χ3v) is 4.58. The lowest BCUT2D eigenvalue weighted by molar-refractivity contribution is 0.163. The van der Waals surface area contributed by atoms with Crippen LogP contribution in [0.1, 0.15) is 17.0 Å². The highest BCUT2D eigenvalue weighted by atomic mass is 16.6. The first-order valence-electron chi connectivity index (χ1n) is 9.46. The van der Waals surface area contributed by atoms with E-state index in [1.54, 1.807) is 24.5 Å². The number of benzene rings is 3.